The highest BCUT2D eigenvalue weighted by atomic mass is 32.1. The van der Waals surface area contributed by atoms with Crippen LogP contribution in [0.15, 0.2) is 24.3 Å². The van der Waals surface area contributed by atoms with E-state index < -0.39 is 18.0 Å². The van der Waals surface area contributed by atoms with E-state index in [0.29, 0.717) is 22.0 Å². The summed E-state index contributed by atoms with van der Waals surface area (Å²) in [5.74, 6) is -0.484. The molecule has 0 saturated heterocycles. The molecule has 0 saturated carbocycles. The third kappa shape index (κ3) is 6.21. The van der Waals surface area contributed by atoms with Gasteiger partial charge in [0.1, 0.15) is 10.8 Å². The number of benzene rings is 1. The Labute approximate surface area is 173 Å². The number of anilines is 2. The van der Waals surface area contributed by atoms with Gasteiger partial charge in [-0.05, 0) is 45.4 Å². The third-order valence-corrected chi connectivity index (χ3v) is 4.97. The van der Waals surface area contributed by atoms with Crippen molar-refractivity contribution in [2.24, 2.45) is 0 Å². The average Bonchev–Trinajstić information content (AvgIpc) is 2.94. The van der Waals surface area contributed by atoms with Gasteiger partial charge in [-0.1, -0.05) is 6.07 Å². The molecule has 0 spiro atoms. The van der Waals surface area contributed by atoms with E-state index in [1.54, 1.807) is 38.1 Å². The second-order valence-corrected chi connectivity index (χ2v) is 7.14. The zero-order chi connectivity index (χ0) is 21.4. The SMILES string of the molecule is CCOC(=O)Nc1cccc(OCC(=O)Nc2sc(C)c(C)c2C(=O)OCC)c1. The fourth-order valence-corrected chi connectivity index (χ4v) is 3.49. The van der Waals surface area contributed by atoms with Crippen LogP contribution in [0.1, 0.15) is 34.6 Å². The van der Waals surface area contributed by atoms with Crippen molar-refractivity contribution in [1.29, 1.82) is 0 Å². The number of carbonyl (C=O) groups is 3. The highest BCUT2D eigenvalue weighted by Gasteiger charge is 2.22. The van der Waals surface area contributed by atoms with Crippen LogP contribution in [-0.4, -0.2) is 37.8 Å². The third-order valence-electron chi connectivity index (χ3n) is 3.84. The first-order valence-corrected chi connectivity index (χ1v) is 9.90. The van der Waals surface area contributed by atoms with Crippen LogP contribution < -0.4 is 15.4 Å². The molecule has 2 N–H and O–H groups in total. The Bertz CT molecular complexity index is 893. The Morgan fingerprint density at radius 3 is 2.45 bits per heavy atom. The van der Waals surface area contributed by atoms with Crippen LogP contribution in [0.5, 0.6) is 5.75 Å². The van der Waals surface area contributed by atoms with Crippen molar-refractivity contribution >= 4 is 40.0 Å². The number of amides is 2. The van der Waals surface area contributed by atoms with Crippen LogP contribution >= 0.6 is 11.3 Å². The summed E-state index contributed by atoms with van der Waals surface area (Å²) in [7, 11) is 0. The Balaban J connectivity index is 2.00. The Morgan fingerprint density at radius 1 is 1.03 bits per heavy atom. The normalized spacial score (nSPS) is 10.2. The van der Waals surface area contributed by atoms with Gasteiger partial charge in [-0.25, -0.2) is 9.59 Å². The lowest BCUT2D eigenvalue weighted by Crippen LogP contribution is -2.21. The number of rotatable bonds is 8. The molecule has 2 rings (SSSR count). The summed E-state index contributed by atoms with van der Waals surface area (Å²) in [6.45, 7) is 7.37. The number of hydrogen-bond acceptors (Lipinski definition) is 7. The summed E-state index contributed by atoms with van der Waals surface area (Å²) >= 11 is 1.31. The number of carbonyl (C=O) groups excluding carboxylic acids is 3. The van der Waals surface area contributed by atoms with Crippen molar-refractivity contribution in [3.63, 3.8) is 0 Å². The first-order valence-electron chi connectivity index (χ1n) is 9.09. The van der Waals surface area contributed by atoms with E-state index in [0.717, 1.165) is 10.4 Å². The minimum absolute atomic E-state index is 0.250. The van der Waals surface area contributed by atoms with Gasteiger partial charge in [0.2, 0.25) is 0 Å². The van der Waals surface area contributed by atoms with Crippen LogP contribution in [0.2, 0.25) is 0 Å². The largest absolute Gasteiger partial charge is 0.484 e. The molecule has 1 heterocycles. The van der Waals surface area contributed by atoms with E-state index in [-0.39, 0.29) is 19.8 Å². The van der Waals surface area contributed by atoms with E-state index in [2.05, 4.69) is 10.6 Å². The molecule has 2 amide bonds. The standard InChI is InChI=1S/C20H24N2O6S/c1-5-26-19(24)17-12(3)13(4)29-18(17)22-16(23)11-28-15-9-7-8-14(10-15)21-20(25)27-6-2/h7-10H,5-6,11H2,1-4H3,(H,21,25)(H,22,23). The average molecular weight is 420 g/mol. The number of hydrogen-bond donors (Lipinski definition) is 2. The van der Waals surface area contributed by atoms with Crippen molar-refractivity contribution in [3.05, 3.63) is 40.3 Å². The maximum Gasteiger partial charge on any atom is 0.411 e. The molecule has 2 aromatic rings. The Morgan fingerprint density at radius 2 is 1.76 bits per heavy atom. The van der Waals surface area contributed by atoms with Gasteiger partial charge in [0.15, 0.2) is 6.61 Å². The topological polar surface area (TPSA) is 103 Å². The van der Waals surface area contributed by atoms with Crippen LogP contribution in [-0.2, 0) is 14.3 Å². The highest BCUT2D eigenvalue weighted by Crippen LogP contribution is 2.33. The van der Waals surface area contributed by atoms with Gasteiger partial charge in [0.05, 0.1) is 18.8 Å². The fourth-order valence-electron chi connectivity index (χ4n) is 2.42. The van der Waals surface area contributed by atoms with Crippen molar-refractivity contribution in [2.45, 2.75) is 27.7 Å². The van der Waals surface area contributed by atoms with E-state index in [4.69, 9.17) is 14.2 Å². The van der Waals surface area contributed by atoms with Crippen LogP contribution in [0.25, 0.3) is 0 Å². The lowest BCUT2D eigenvalue weighted by molar-refractivity contribution is -0.118. The van der Waals surface area contributed by atoms with Gasteiger partial charge in [0.25, 0.3) is 5.91 Å². The predicted octanol–water partition coefficient (Wildman–Crippen LogP) is 4.13. The van der Waals surface area contributed by atoms with Gasteiger partial charge >= 0.3 is 12.1 Å². The first kappa shape index (κ1) is 22.2. The second-order valence-electron chi connectivity index (χ2n) is 5.92. The summed E-state index contributed by atoms with van der Waals surface area (Å²) in [6.07, 6.45) is -0.572. The summed E-state index contributed by atoms with van der Waals surface area (Å²) in [5.41, 5.74) is 1.63. The summed E-state index contributed by atoms with van der Waals surface area (Å²) in [5, 5.41) is 5.70. The van der Waals surface area contributed by atoms with Gasteiger partial charge in [-0.15, -0.1) is 11.3 Å². The molecule has 0 radical (unpaired) electrons. The summed E-state index contributed by atoms with van der Waals surface area (Å²) in [4.78, 5) is 36.9. The molecule has 9 heteroatoms. The minimum Gasteiger partial charge on any atom is -0.484 e. The summed E-state index contributed by atoms with van der Waals surface area (Å²) < 4.78 is 15.4. The molecule has 156 valence electrons. The molecule has 0 fully saturated rings. The number of thiophene rings is 1. The van der Waals surface area contributed by atoms with Crippen molar-refractivity contribution < 1.29 is 28.6 Å². The fraction of sp³-hybridized carbons (Fsp3) is 0.350. The van der Waals surface area contributed by atoms with Crippen molar-refractivity contribution in [1.82, 2.24) is 0 Å². The number of esters is 1. The molecular formula is C20H24N2O6S. The predicted molar refractivity (Wildman–Crippen MR) is 111 cm³/mol. The summed E-state index contributed by atoms with van der Waals surface area (Å²) in [6, 6.07) is 6.59. The lowest BCUT2D eigenvalue weighted by atomic mass is 10.1. The maximum absolute atomic E-state index is 12.3. The Kier molecular flexibility index (Phi) is 8.02. The second kappa shape index (κ2) is 10.5. The molecule has 0 unspecified atom stereocenters. The Hall–Kier alpha value is -3.07. The number of aryl methyl sites for hydroxylation is 1. The highest BCUT2D eigenvalue weighted by molar-refractivity contribution is 7.16. The molecule has 8 nitrogen and oxygen atoms in total. The number of ether oxygens (including phenoxy) is 3. The van der Waals surface area contributed by atoms with E-state index >= 15 is 0 Å². The zero-order valence-electron chi connectivity index (χ0n) is 16.8. The van der Waals surface area contributed by atoms with Gasteiger partial charge in [-0.2, -0.15) is 0 Å². The van der Waals surface area contributed by atoms with Crippen LogP contribution in [0.4, 0.5) is 15.5 Å². The molecule has 0 aliphatic rings. The van der Waals surface area contributed by atoms with Gasteiger partial charge in [-0.3, -0.25) is 10.1 Å². The van der Waals surface area contributed by atoms with E-state index in [9.17, 15) is 14.4 Å². The molecule has 29 heavy (non-hydrogen) atoms. The lowest BCUT2D eigenvalue weighted by Gasteiger charge is -2.10. The molecule has 0 aliphatic heterocycles. The van der Waals surface area contributed by atoms with Crippen LogP contribution in [0.3, 0.4) is 0 Å². The molecular weight excluding hydrogens is 396 g/mol. The minimum atomic E-state index is -0.572. The van der Waals surface area contributed by atoms with E-state index in [1.807, 2.05) is 13.8 Å². The molecule has 1 aromatic carbocycles. The molecule has 0 bridgehead atoms. The monoisotopic (exact) mass is 420 g/mol. The van der Waals surface area contributed by atoms with E-state index in [1.165, 1.54) is 11.3 Å². The molecule has 1 aromatic heterocycles. The van der Waals surface area contributed by atoms with Gasteiger partial charge in [0, 0.05) is 16.6 Å². The van der Waals surface area contributed by atoms with Crippen molar-refractivity contribution in [2.75, 3.05) is 30.5 Å². The zero-order valence-corrected chi connectivity index (χ0v) is 17.6. The number of nitrogens with one attached hydrogen (secondary N) is 2. The molecule has 0 atom stereocenters. The molecule has 0 aliphatic carbocycles. The van der Waals surface area contributed by atoms with Gasteiger partial charge < -0.3 is 19.5 Å². The smallest absolute Gasteiger partial charge is 0.411 e. The van der Waals surface area contributed by atoms with Crippen LogP contribution in [0, 0.1) is 13.8 Å². The van der Waals surface area contributed by atoms with Crippen molar-refractivity contribution in [3.8, 4) is 5.75 Å². The maximum atomic E-state index is 12.3. The first-order chi connectivity index (χ1) is 13.8. The quantitative estimate of drug-likeness (QED) is 0.623.